The Labute approximate surface area is 136 Å². The van der Waals surface area contributed by atoms with Gasteiger partial charge in [0.2, 0.25) is 5.91 Å². The zero-order chi connectivity index (χ0) is 17.0. The summed E-state index contributed by atoms with van der Waals surface area (Å²) in [6, 6.07) is 6.83. The number of hydrogen-bond acceptors (Lipinski definition) is 4. The number of carbonyl (C=O) groups is 3. The highest BCUT2D eigenvalue weighted by atomic mass is 16.2. The van der Waals surface area contributed by atoms with Crippen molar-refractivity contribution in [2.75, 3.05) is 26.2 Å². The van der Waals surface area contributed by atoms with E-state index in [1.807, 2.05) is 6.92 Å². The second-order valence-electron chi connectivity index (χ2n) is 5.62. The van der Waals surface area contributed by atoms with Gasteiger partial charge >= 0.3 is 0 Å². The Morgan fingerprint density at radius 2 is 1.65 bits per heavy atom. The van der Waals surface area contributed by atoms with Crippen molar-refractivity contribution < 1.29 is 14.4 Å². The Kier molecular flexibility index (Phi) is 5.50. The summed E-state index contributed by atoms with van der Waals surface area (Å²) in [6.45, 7) is 8.25. The summed E-state index contributed by atoms with van der Waals surface area (Å²) in [5, 5.41) is 2.80. The van der Waals surface area contributed by atoms with E-state index in [0.29, 0.717) is 17.7 Å². The molecule has 0 spiro atoms. The van der Waals surface area contributed by atoms with Crippen LogP contribution in [0, 0.1) is 0 Å². The summed E-state index contributed by atoms with van der Waals surface area (Å²) in [6.07, 6.45) is 0. The van der Waals surface area contributed by atoms with Crippen molar-refractivity contribution in [1.82, 2.24) is 15.1 Å². The molecule has 6 heteroatoms. The van der Waals surface area contributed by atoms with Crippen molar-refractivity contribution in [2.24, 2.45) is 0 Å². The van der Waals surface area contributed by atoms with E-state index in [0.717, 1.165) is 18.0 Å². The fourth-order valence-corrected chi connectivity index (χ4v) is 2.82. The largest absolute Gasteiger partial charge is 0.353 e. The molecule has 1 aromatic carbocycles. The fraction of sp³-hybridized carbons (Fsp3) is 0.471. The first-order valence-electron chi connectivity index (χ1n) is 7.95. The molecule has 1 N–H and O–H groups in total. The van der Waals surface area contributed by atoms with Crippen LogP contribution in [-0.2, 0) is 4.79 Å². The molecule has 1 atom stereocenters. The van der Waals surface area contributed by atoms with E-state index in [1.54, 1.807) is 24.3 Å². The highest BCUT2D eigenvalue weighted by Crippen LogP contribution is 2.21. The molecular formula is C17H23N3O3. The molecule has 0 saturated heterocycles. The lowest BCUT2D eigenvalue weighted by Crippen LogP contribution is -2.45. The van der Waals surface area contributed by atoms with E-state index in [1.165, 1.54) is 0 Å². The van der Waals surface area contributed by atoms with Gasteiger partial charge < -0.3 is 5.32 Å². The van der Waals surface area contributed by atoms with Crippen LogP contribution in [-0.4, -0.2) is 59.7 Å². The third kappa shape index (κ3) is 3.59. The van der Waals surface area contributed by atoms with Crippen LogP contribution < -0.4 is 5.32 Å². The third-order valence-corrected chi connectivity index (χ3v) is 4.21. The zero-order valence-electron chi connectivity index (χ0n) is 13.8. The molecule has 1 heterocycles. The number of fused-ring (bicyclic) bond motifs is 1. The lowest BCUT2D eigenvalue weighted by atomic mass is 10.1. The Morgan fingerprint density at radius 1 is 1.13 bits per heavy atom. The Balaban J connectivity index is 1.92. The highest BCUT2D eigenvalue weighted by Gasteiger charge is 2.36. The van der Waals surface area contributed by atoms with Gasteiger partial charge in [0.25, 0.3) is 11.8 Å². The predicted molar refractivity (Wildman–Crippen MR) is 87.2 cm³/mol. The predicted octanol–water partition coefficient (Wildman–Crippen LogP) is 1.13. The summed E-state index contributed by atoms with van der Waals surface area (Å²) >= 11 is 0. The van der Waals surface area contributed by atoms with Crippen molar-refractivity contribution in [2.45, 2.75) is 26.8 Å². The molecule has 0 saturated carbocycles. The molecule has 2 rings (SSSR count). The molecule has 6 nitrogen and oxygen atoms in total. The average molecular weight is 317 g/mol. The first kappa shape index (κ1) is 17.1. The molecule has 23 heavy (non-hydrogen) atoms. The number of imide groups is 1. The van der Waals surface area contributed by atoms with Crippen molar-refractivity contribution in [1.29, 1.82) is 0 Å². The number of nitrogens with zero attached hydrogens (tertiary/aromatic N) is 2. The summed E-state index contributed by atoms with van der Waals surface area (Å²) in [7, 11) is 0. The molecule has 0 fully saturated rings. The van der Waals surface area contributed by atoms with Gasteiger partial charge in [-0.3, -0.25) is 24.2 Å². The lowest BCUT2D eigenvalue weighted by molar-refractivity contribution is -0.121. The van der Waals surface area contributed by atoms with Gasteiger partial charge in [-0.05, 0) is 32.1 Å². The molecule has 1 aliphatic heterocycles. The molecule has 0 aromatic heterocycles. The van der Waals surface area contributed by atoms with Gasteiger partial charge in [0.05, 0.1) is 11.1 Å². The number of amides is 3. The van der Waals surface area contributed by atoms with Gasteiger partial charge in [0.1, 0.15) is 6.54 Å². The molecule has 0 bridgehead atoms. The first-order valence-corrected chi connectivity index (χ1v) is 7.95. The van der Waals surface area contributed by atoms with E-state index >= 15 is 0 Å². The van der Waals surface area contributed by atoms with E-state index in [4.69, 9.17) is 0 Å². The smallest absolute Gasteiger partial charge is 0.262 e. The second-order valence-corrected chi connectivity index (χ2v) is 5.62. The van der Waals surface area contributed by atoms with E-state index < -0.39 is 11.8 Å². The average Bonchev–Trinajstić information content (AvgIpc) is 2.79. The molecule has 0 radical (unpaired) electrons. The van der Waals surface area contributed by atoms with Crippen LogP contribution in [0.15, 0.2) is 24.3 Å². The summed E-state index contributed by atoms with van der Waals surface area (Å²) in [4.78, 5) is 39.7. The van der Waals surface area contributed by atoms with E-state index in [2.05, 4.69) is 24.1 Å². The third-order valence-electron chi connectivity index (χ3n) is 4.21. The summed E-state index contributed by atoms with van der Waals surface area (Å²) in [5.74, 6) is -1.13. The maximum atomic E-state index is 12.2. The molecule has 124 valence electrons. The minimum Gasteiger partial charge on any atom is -0.353 e. The van der Waals surface area contributed by atoms with Gasteiger partial charge in [0, 0.05) is 12.6 Å². The van der Waals surface area contributed by atoms with Crippen LogP contribution in [0.25, 0.3) is 0 Å². The van der Waals surface area contributed by atoms with Gasteiger partial charge in [-0.2, -0.15) is 0 Å². The second kappa shape index (κ2) is 7.37. The summed E-state index contributed by atoms with van der Waals surface area (Å²) < 4.78 is 0. The van der Waals surface area contributed by atoms with Crippen LogP contribution in [0.4, 0.5) is 0 Å². The minimum absolute atomic E-state index is 0.205. The number of hydrogen-bond donors (Lipinski definition) is 1. The van der Waals surface area contributed by atoms with Crippen molar-refractivity contribution in [3.8, 4) is 0 Å². The molecule has 3 amide bonds. The highest BCUT2D eigenvalue weighted by molar-refractivity contribution is 6.22. The Hall–Kier alpha value is -2.21. The monoisotopic (exact) mass is 317 g/mol. The Morgan fingerprint density at radius 3 is 2.13 bits per heavy atom. The number of carbonyl (C=O) groups excluding carboxylic acids is 3. The Bertz CT molecular complexity index is 576. The maximum Gasteiger partial charge on any atom is 0.262 e. The SMILES string of the molecule is CCN(CC)C(C)CNC(=O)CN1C(=O)c2ccccc2C1=O. The molecule has 1 aliphatic rings. The number of benzene rings is 1. The van der Waals surface area contributed by atoms with Crippen LogP contribution in [0.3, 0.4) is 0 Å². The quantitative estimate of drug-likeness (QED) is 0.765. The van der Waals surface area contributed by atoms with E-state index in [-0.39, 0.29) is 18.5 Å². The topological polar surface area (TPSA) is 69.7 Å². The van der Waals surface area contributed by atoms with Gasteiger partial charge in [-0.1, -0.05) is 26.0 Å². The zero-order valence-corrected chi connectivity index (χ0v) is 13.8. The number of likely N-dealkylation sites (N-methyl/N-ethyl adjacent to an activating group) is 1. The lowest BCUT2D eigenvalue weighted by Gasteiger charge is -2.26. The molecule has 1 aromatic rings. The van der Waals surface area contributed by atoms with E-state index in [9.17, 15) is 14.4 Å². The van der Waals surface area contributed by atoms with Crippen molar-refractivity contribution >= 4 is 17.7 Å². The van der Waals surface area contributed by atoms with Gasteiger partial charge in [-0.15, -0.1) is 0 Å². The fourth-order valence-electron chi connectivity index (χ4n) is 2.82. The van der Waals surface area contributed by atoms with Crippen LogP contribution in [0.2, 0.25) is 0 Å². The molecule has 0 aliphatic carbocycles. The van der Waals surface area contributed by atoms with Crippen molar-refractivity contribution in [3.63, 3.8) is 0 Å². The number of nitrogens with one attached hydrogen (secondary N) is 1. The molecular weight excluding hydrogens is 294 g/mol. The number of rotatable bonds is 7. The van der Waals surface area contributed by atoms with Gasteiger partial charge in [-0.25, -0.2) is 0 Å². The van der Waals surface area contributed by atoms with Crippen LogP contribution in [0.1, 0.15) is 41.5 Å². The minimum atomic E-state index is -0.405. The molecule has 1 unspecified atom stereocenters. The standard InChI is InChI=1S/C17H23N3O3/c1-4-19(5-2)12(3)10-18-15(21)11-20-16(22)13-8-6-7-9-14(13)17(20)23/h6-9,12H,4-5,10-11H2,1-3H3,(H,18,21). The maximum absolute atomic E-state index is 12.2. The normalized spacial score (nSPS) is 15.0. The first-order chi connectivity index (χ1) is 11.0. The van der Waals surface area contributed by atoms with Crippen LogP contribution >= 0.6 is 0 Å². The van der Waals surface area contributed by atoms with Crippen molar-refractivity contribution in [3.05, 3.63) is 35.4 Å². The summed E-state index contributed by atoms with van der Waals surface area (Å²) in [5.41, 5.74) is 0.726. The van der Waals surface area contributed by atoms with Gasteiger partial charge in [0.15, 0.2) is 0 Å². The van der Waals surface area contributed by atoms with Crippen LogP contribution in [0.5, 0.6) is 0 Å².